The molecule has 130 valence electrons. The van der Waals surface area contributed by atoms with Crippen molar-refractivity contribution in [3.8, 4) is 0 Å². The summed E-state index contributed by atoms with van der Waals surface area (Å²) in [6.07, 6.45) is -1.07. The van der Waals surface area contributed by atoms with Gasteiger partial charge in [0.05, 0.1) is 15.6 Å². The molecule has 26 heavy (non-hydrogen) atoms. The number of nitrogens with zero attached hydrogens (tertiary/aromatic N) is 3. The smallest absolute Gasteiger partial charge is 0.279 e. The van der Waals surface area contributed by atoms with E-state index >= 15 is 0 Å². The molecule has 0 aromatic heterocycles. The standard InChI is InChI=1S/C17H10ClN3O5/c18-11-3-1-2-4-12(11)20-16(22)13-14(19-26-15(13)17(20)23)9-5-7-10(8-6-9)21(24)25/h1-8,13,15H/t13-,15-/m0/s1. The fourth-order valence-corrected chi connectivity index (χ4v) is 3.26. The van der Waals surface area contributed by atoms with Crippen LogP contribution in [0.15, 0.2) is 53.7 Å². The molecule has 1 saturated heterocycles. The Balaban J connectivity index is 1.69. The van der Waals surface area contributed by atoms with E-state index in [0.717, 1.165) is 4.90 Å². The van der Waals surface area contributed by atoms with Crippen molar-refractivity contribution in [2.24, 2.45) is 11.1 Å². The second-order valence-electron chi connectivity index (χ2n) is 5.75. The van der Waals surface area contributed by atoms with Crippen LogP contribution in [0.1, 0.15) is 5.56 Å². The second-order valence-corrected chi connectivity index (χ2v) is 6.15. The zero-order chi connectivity index (χ0) is 18.4. The number of carbonyl (C=O) groups is 2. The summed E-state index contributed by atoms with van der Waals surface area (Å²) in [5.41, 5.74) is 0.935. The van der Waals surface area contributed by atoms with Gasteiger partial charge in [0, 0.05) is 17.7 Å². The predicted octanol–water partition coefficient (Wildman–Crippen LogP) is 2.54. The first kappa shape index (κ1) is 16.2. The highest BCUT2D eigenvalue weighted by Gasteiger charge is 2.56. The van der Waals surface area contributed by atoms with E-state index in [0.29, 0.717) is 5.56 Å². The van der Waals surface area contributed by atoms with Gasteiger partial charge in [-0.1, -0.05) is 28.9 Å². The number of fused-ring (bicyclic) bond motifs is 1. The van der Waals surface area contributed by atoms with Crippen molar-refractivity contribution in [1.29, 1.82) is 0 Å². The minimum absolute atomic E-state index is 0.0867. The molecule has 0 unspecified atom stereocenters. The van der Waals surface area contributed by atoms with Crippen LogP contribution in [0.4, 0.5) is 11.4 Å². The van der Waals surface area contributed by atoms with Crippen LogP contribution in [-0.2, 0) is 14.4 Å². The number of carbonyl (C=O) groups excluding carboxylic acids is 2. The Bertz CT molecular complexity index is 973. The summed E-state index contributed by atoms with van der Waals surface area (Å²) in [7, 11) is 0. The molecule has 0 bridgehead atoms. The zero-order valence-electron chi connectivity index (χ0n) is 13.0. The van der Waals surface area contributed by atoms with E-state index in [1.807, 2.05) is 0 Å². The summed E-state index contributed by atoms with van der Waals surface area (Å²) in [4.78, 5) is 42.0. The lowest BCUT2D eigenvalue weighted by molar-refractivity contribution is -0.384. The largest absolute Gasteiger partial charge is 0.381 e. The number of amides is 2. The third kappa shape index (κ3) is 2.34. The number of para-hydroxylation sites is 1. The summed E-state index contributed by atoms with van der Waals surface area (Å²) in [5, 5.41) is 14.9. The first-order valence-corrected chi connectivity index (χ1v) is 7.97. The van der Waals surface area contributed by atoms with Crippen molar-refractivity contribution in [3.05, 3.63) is 69.2 Å². The van der Waals surface area contributed by atoms with E-state index < -0.39 is 28.8 Å². The third-order valence-electron chi connectivity index (χ3n) is 4.28. The monoisotopic (exact) mass is 371 g/mol. The lowest BCUT2D eigenvalue weighted by Gasteiger charge is -2.16. The molecule has 4 rings (SSSR count). The number of anilines is 1. The molecular weight excluding hydrogens is 362 g/mol. The van der Waals surface area contributed by atoms with Gasteiger partial charge < -0.3 is 4.84 Å². The Morgan fingerprint density at radius 2 is 1.77 bits per heavy atom. The molecule has 2 atom stereocenters. The number of halogens is 1. The number of rotatable bonds is 3. The number of hydrogen-bond donors (Lipinski definition) is 0. The Morgan fingerprint density at radius 3 is 2.42 bits per heavy atom. The van der Waals surface area contributed by atoms with Crippen LogP contribution in [0.25, 0.3) is 0 Å². The molecule has 0 spiro atoms. The minimum Gasteiger partial charge on any atom is -0.381 e. The summed E-state index contributed by atoms with van der Waals surface area (Å²) in [6.45, 7) is 0. The van der Waals surface area contributed by atoms with Gasteiger partial charge in [0.2, 0.25) is 12.0 Å². The highest BCUT2D eigenvalue weighted by Crippen LogP contribution is 2.37. The predicted molar refractivity (Wildman–Crippen MR) is 91.9 cm³/mol. The Kier molecular flexibility index (Phi) is 3.69. The molecule has 2 amide bonds. The molecule has 2 aliphatic heterocycles. The van der Waals surface area contributed by atoms with E-state index in [1.165, 1.54) is 24.3 Å². The van der Waals surface area contributed by atoms with Crippen LogP contribution in [-0.4, -0.2) is 28.6 Å². The average molecular weight is 372 g/mol. The van der Waals surface area contributed by atoms with E-state index in [9.17, 15) is 19.7 Å². The number of benzene rings is 2. The van der Waals surface area contributed by atoms with E-state index in [2.05, 4.69) is 5.16 Å². The Hall–Kier alpha value is -3.26. The fourth-order valence-electron chi connectivity index (χ4n) is 3.04. The molecule has 9 heteroatoms. The van der Waals surface area contributed by atoms with Crippen LogP contribution in [0.3, 0.4) is 0 Å². The van der Waals surface area contributed by atoms with Gasteiger partial charge in [0.25, 0.3) is 11.6 Å². The first-order chi connectivity index (χ1) is 12.5. The molecule has 1 fully saturated rings. The number of non-ortho nitro benzene ring substituents is 1. The number of nitro benzene ring substituents is 1. The Morgan fingerprint density at radius 1 is 1.08 bits per heavy atom. The average Bonchev–Trinajstić information content (AvgIpc) is 3.17. The molecule has 2 aromatic carbocycles. The van der Waals surface area contributed by atoms with E-state index in [-0.39, 0.29) is 22.1 Å². The SMILES string of the molecule is O=C1[C@H]2C(c3ccc([N+](=O)[O-])cc3)=NO[C@@H]2C(=O)N1c1ccccc1Cl. The normalized spacial score (nSPS) is 21.4. The Labute approximate surface area is 151 Å². The molecule has 2 aliphatic rings. The maximum Gasteiger partial charge on any atom is 0.279 e. The van der Waals surface area contributed by atoms with E-state index in [4.69, 9.17) is 16.4 Å². The van der Waals surface area contributed by atoms with Crippen molar-refractivity contribution >= 4 is 40.5 Å². The highest BCUT2D eigenvalue weighted by molar-refractivity contribution is 6.38. The number of imide groups is 1. The van der Waals surface area contributed by atoms with Crippen LogP contribution in [0.5, 0.6) is 0 Å². The van der Waals surface area contributed by atoms with Gasteiger partial charge in [-0.3, -0.25) is 19.7 Å². The minimum atomic E-state index is -1.07. The maximum absolute atomic E-state index is 12.9. The molecule has 8 nitrogen and oxygen atoms in total. The quantitative estimate of drug-likeness (QED) is 0.468. The van der Waals surface area contributed by atoms with E-state index in [1.54, 1.807) is 24.3 Å². The molecule has 0 radical (unpaired) electrons. The van der Waals surface area contributed by atoms with Crippen molar-refractivity contribution in [1.82, 2.24) is 0 Å². The molecule has 2 heterocycles. The van der Waals surface area contributed by atoms with Gasteiger partial charge in [-0.25, -0.2) is 4.90 Å². The summed E-state index contributed by atoms with van der Waals surface area (Å²) >= 11 is 6.11. The van der Waals surface area contributed by atoms with Gasteiger partial charge in [-0.15, -0.1) is 0 Å². The van der Waals surface area contributed by atoms with Gasteiger partial charge in [0.15, 0.2) is 0 Å². The van der Waals surface area contributed by atoms with Gasteiger partial charge in [0.1, 0.15) is 11.6 Å². The summed E-state index contributed by atoms with van der Waals surface area (Å²) < 4.78 is 0. The molecule has 0 N–H and O–H groups in total. The summed E-state index contributed by atoms with van der Waals surface area (Å²) in [6, 6.07) is 12.1. The van der Waals surface area contributed by atoms with Crippen LogP contribution in [0, 0.1) is 16.0 Å². The van der Waals surface area contributed by atoms with Crippen LogP contribution in [0.2, 0.25) is 5.02 Å². The molecule has 0 aliphatic carbocycles. The van der Waals surface area contributed by atoms with Crippen molar-refractivity contribution < 1.29 is 19.3 Å². The lowest BCUT2D eigenvalue weighted by Crippen LogP contribution is -2.33. The van der Waals surface area contributed by atoms with Crippen molar-refractivity contribution in [2.75, 3.05) is 4.90 Å². The lowest BCUT2D eigenvalue weighted by atomic mass is 9.94. The first-order valence-electron chi connectivity index (χ1n) is 7.60. The van der Waals surface area contributed by atoms with Crippen molar-refractivity contribution in [2.45, 2.75) is 6.10 Å². The summed E-state index contributed by atoms with van der Waals surface area (Å²) in [5.74, 6) is -1.96. The maximum atomic E-state index is 12.9. The van der Waals surface area contributed by atoms with Crippen molar-refractivity contribution in [3.63, 3.8) is 0 Å². The van der Waals surface area contributed by atoms with Crippen LogP contribution < -0.4 is 4.90 Å². The topological polar surface area (TPSA) is 102 Å². The van der Waals surface area contributed by atoms with Gasteiger partial charge >= 0.3 is 0 Å². The zero-order valence-corrected chi connectivity index (χ0v) is 13.8. The second kappa shape index (κ2) is 5.92. The van der Waals surface area contributed by atoms with Gasteiger partial charge in [-0.05, 0) is 24.3 Å². The number of hydrogen-bond acceptors (Lipinski definition) is 6. The number of nitro groups is 1. The third-order valence-corrected chi connectivity index (χ3v) is 4.60. The molecule has 2 aromatic rings. The molecular formula is C17H10ClN3O5. The fraction of sp³-hybridized carbons (Fsp3) is 0.118. The van der Waals surface area contributed by atoms with Gasteiger partial charge in [-0.2, -0.15) is 0 Å². The number of oxime groups is 1. The highest BCUT2D eigenvalue weighted by atomic mass is 35.5. The molecule has 0 saturated carbocycles. The van der Waals surface area contributed by atoms with Crippen LogP contribution >= 0.6 is 11.6 Å².